The smallest absolute Gasteiger partial charge is 0.243 e. The van der Waals surface area contributed by atoms with Crippen molar-refractivity contribution in [2.75, 3.05) is 26.2 Å². The molecule has 1 saturated heterocycles. The van der Waals surface area contributed by atoms with Gasteiger partial charge in [-0.25, -0.2) is 8.42 Å². The molecule has 0 amide bonds. The van der Waals surface area contributed by atoms with E-state index in [4.69, 9.17) is 5.26 Å². The van der Waals surface area contributed by atoms with E-state index in [9.17, 15) is 8.42 Å². The zero-order valence-electron chi connectivity index (χ0n) is 11.8. The maximum Gasteiger partial charge on any atom is 0.243 e. The van der Waals surface area contributed by atoms with E-state index in [1.807, 2.05) is 6.07 Å². The van der Waals surface area contributed by atoms with Crippen LogP contribution in [-0.2, 0) is 10.0 Å². The van der Waals surface area contributed by atoms with E-state index in [1.165, 1.54) is 28.6 Å². The normalized spacial score (nSPS) is 18.1. The molecule has 1 aromatic rings. The number of nitriles is 1. The van der Waals surface area contributed by atoms with Gasteiger partial charge in [0.05, 0.1) is 16.5 Å². The lowest BCUT2D eigenvalue weighted by atomic mass is 10.2. The van der Waals surface area contributed by atoms with Gasteiger partial charge in [-0.15, -0.1) is 0 Å². The first-order chi connectivity index (χ1) is 9.45. The molecule has 1 aliphatic heterocycles. The largest absolute Gasteiger partial charge is 0.298 e. The van der Waals surface area contributed by atoms with Gasteiger partial charge in [-0.05, 0) is 38.1 Å². The second kappa shape index (κ2) is 5.92. The standard InChI is InChI=1S/C14H19N3O2S/c1-12(2)16-7-9-17(10-8-16)20(18,19)14-5-3-13(11-15)4-6-14/h3-6,12H,7-10H2,1-2H3. The fraction of sp³-hybridized carbons (Fsp3) is 0.500. The Kier molecular flexibility index (Phi) is 4.43. The average Bonchev–Trinajstić information content (AvgIpc) is 2.47. The maximum absolute atomic E-state index is 12.5. The first-order valence-electron chi connectivity index (χ1n) is 6.69. The van der Waals surface area contributed by atoms with Gasteiger partial charge in [-0.3, -0.25) is 4.90 Å². The minimum Gasteiger partial charge on any atom is -0.298 e. The van der Waals surface area contributed by atoms with Crippen LogP contribution in [0.2, 0.25) is 0 Å². The van der Waals surface area contributed by atoms with Gasteiger partial charge >= 0.3 is 0 Å². The number of hydrogen-bond donors (Lipinski definition) is 0. The van der Waals surface area contributed by atoms with Crippen LogP contribution >= 0.6 is 0 Å². The van der Waals surface area contributed by atoms with Crippen LogP contribution in [0.1, 0.15) is 19.4 Å². The average molecular weight is 293 g/mol. The molecule has 1 fully saturated rings. The van der Waals surface area contributed by atoms with E-state index in [2.05, 4.69) is 18.7 Å². The van der Waals surface area contributed by atoms with Crippen LogP contribution in [0.4, 0.5) is 0 Å². The molecule has 0 radical (unpaired) electrons. The van der Waals surface area contributed by atoms with Crippen LogP contribution in [-0.4, -0.2) is 49.8 Å². The number of nitrogens with zero attached hydrogens (tertiary/aromatic N) is 3. The Balaban J connectivity index is 2.13. The third-order valence-electron chi connectivity index (χ3n) is 3.62. The second-order valence-electron chi connectivity index (χ2n) is 5.17. The lowest BCUT2D eigenvalue weighted by molar-refractivity contribution is 0.154. The van der Waals surface area contributed by atoms with Crippen molar-refractivity contribution >= 4 is 10.0 Å². The maximum atomic E-state index is 12.5. The summed E-state index contributed by atoms with van der Waals surface area (Å²) in [6.07, 6.45) is 0. The van der Waals surface area contributed by atoms with Crippen LogP contribution in [0.3, 0.4) is 0 Å². The fourth-order valence-corrected chi connectivity index (χ4v) is 3.73. The lowest BCUT2D eigenvalue weighted by Gasteiger charge is -2.36. The molecule has 1 aromatic carbocycles. The molecule has 2 rings (SSSR count). The molecule has 0 N–H and O–H groups in total. The molecular formula is C14H19N3O2S. The van der Waals surface area contributed by atoms with Crippen LogP contribution in [0.25, 0.3) is 0 Å². The topological polar surface area (TPSA) is 64.4 Å². The molecule has 0 atom stereocenters. The highest BCUT2D eigenvalue weighted by molar-refractivity contribution is 7.89. The van der Waals surface area contributed by atoms with E-state index < -0.39 is 10.0 Å². The Bertz CT molecular complexity index is 594. The first-order valence-corrected chi connectivity index (χ1v) is 8.13. The predicted octanol–water partition coefficient (Wildman–Crippen LogP) is 1.27. The van der Waals surface area contributed by atoms with Crippen molar-refractivity contribution in [3.05, 3.63) is 29.8 Å². The second-order valence-corrected chi connectivity index (χ2v) is 7.11. The molecule has 1 aliphatic rings. The van der Waals surface area contributed by atoms with Crippen molar-refractivity contribution in [1.29, 1.82) is 5.26 Å². The highest BCUT2D eigenvalue weighted by atomic mass is 32.2. The molecule has 0 aliphatic carbocycles. The van der Waals surface area contributed by atoms with E-state index in [0.29, 0.717) is 24.7 Å². The van der Waals surface area contributed by atoms with Crippen molar-refractivity contribution in [3.63, 3.8) is 0 Å². The number of piperazine rings is 1. The Morgan fingerprint density at radius 3 is 2.10 bits per heavy atom. The summed E-state index contributed by atoms with van der Waals surface area (Å²) < 4.78 is 26.5. The molecular weight excluding hydrogens is 274 g/mol. The molecule has 0 bridgehead atoms. The SMILES string of the molecule is CC(C)N1CCN(S(=O)(=O)c2ccc(C#N)cc2)CC1. The summed E-state index contributed by atoms with van der Waals surface area (Å²) in [5.41, 5.74) is 0.466. The van der Waals surface area contributed by atoms with Crippen molar-refractivity contribution < 1.29 is 8.42 Å². The Labute approximate surface area is 120 Å². The van der Waals surface area contributed by atoms with Crippen molar-refractivity contribution in [2.24, 2.45) is 0 Å². The minimum atomic E-state index is -3.44. The van der Waals surface area contributed by atoms with Gasteiger partial charge in [0.1, 0.15) is 0 Å². The van der Waals surface area contributed by atoms with E-state index >= 15 is 0 Å². The minimum absolute atomic E-state index is 0.259. The van der Waals surface area contributed by atoms with Crippen LogP contribution in [0.15, 0.2) is 29.2 Å². The van der Waals surface area contributed by atoms with Crippen molar-refractivity contribution in [1.82, 2.24) is 9.21 Å². The number of sulfonamides is 1. The summed E-state index contributed by atoms with van der Waals surface area (Å²) in [6.45, 7) is 6.77. The highest BCUT2D eigenvalue weighted by Gasteiger charge is 2.28. The summed E-state index contributed by atoms with van der Waals surface area (Å²) in [4.78, 5) is 2.53. The molecule has 0 unspecified atom stereocenters. The van der Waals surface area contributed by atoms with Gasteiger partial charge < -0.3 is 0 Å². The number of benzene rings is 1. The van der Waals surface area contributed by atoms with E-state index in [0.717, 1.165) is 13.1 Å². The van der Waals surface area contributed by atoms with Gasteiger partial charge in [0.25, 0.3) is 0 Å². The molecule has 108 valence electrons. The lowest BCUT2D eigenvalue weighted by Crippen LogP contribution is -2.50. The summed E-state index contributed by atoms with van der Waals surface area (Å²) in [5, 5.41) is 8.75. The van der Waals surface area contributed by atoms with Gasteiger partial charge in [-0.1, -0.05) is 0 Å². The van der Waals surface area contributed by atoms with Crippen LogP contribution < -0.4 is 0 Å². The van der Waals surface area contributed by atoms with Crippen molar-refractivity contribution in [2.45, 2.75) is 24.8 Å². The van der Waals surface area contributed by atoms with Gasteiger partial charge in [0.2, 0.25) is 10.0 Å². The zero-order chi connectivity index (χ0) is 14.8. The molecule has 6 heteroatoms. The van der Waals surface area contributed by atoms with E-state index in [-0.39, 0.29) is 4.90 Å². The van der Waals surface area contributed by atoms with Gasteiger partial charge in [-0.2, -0.15) is 9.57 Å². The van der Waals surface area contributed by atoms with Crippen LogP contribution in [0, 0.1) is 11.3 Å². The molecule has 1 heterocycles. The molecule has 5 nitrogen and oxygen atoms in total. The fourth-order valence-electron chi connectivity index (χ4n) is 2.31. The first kappa shape index (κ1) is 15.0. The summed E-state index contributed by atoms with van der Waals surface area (Å²) in [7, 11) is -3.44. The third kappa shape index (κ3) is 3.01. The van der Waals surface area contributed by atoms with E-state index in [1.54, 1.807) is 0 Å². The predicted molar refractivity (Wildman–Crippen MR) is 76.6 cm³/mol. The summed E-state index contributed by atoms with van der Waals surface area (Å²) in [5.74, 6) is 0. The molecule has 0 spiro atoms. The quantitative estimate of drug-likeness (QED) is 0.842. The molecule has 0 saturated carbocycles. The Morgan fingerprint density at radius 2 is 1.65 bits per heavy atom. The van der Waals surface area contributed by atoms with Gasteiger partial charge in [0.15, 0.2) is 0 Å². The number of hydrogen-bond acceptors (Lipinski definition) is 4. The zero-order valence-corrected chi connectivity index (χ0v) is 12.6. The van der Waals surface area contributed by atoms with Crippen LogP contribution in [0.5, 0.6) is 0 Å². The summed E-state index contributed by atoms with van der Waals surface area (Å²) >= 11 is 0. The number of rotatable bonds is 3. The molecule has 20 heavy (non-hydrogen) atoms. The monoisotopic (exact) mass is 293 g/mol. The highest BCUT2D eigenvalue weighted by Crippen LogP contribution is 2.18. The Morgan fingerprint density at radius 1 is 1.10 bits per heavy atom. The Hall–Kier alpha value is -1.42. The van der Waals surface area contributed by atoms with Gasteiger partial charge in [0, 0.05) is 32.2 Å². The summed E-state index contributed by atoms with van der Waals surface area (Å²) in [6, 6.07) is 8.51. The third-order valence-corrected chi connectivity index (χ3v) is 5.54. The molecule has 0 aromatic heterocycles. The van der Waals surface area contributed by atoms with Crippen molar-refractivity contribution in [3.8, 4) is 6.07 Å².